The molecule has 0 saturated carbocycles. The molecule has 3 rings (SSSR count). The minimum atomic E-state index is -0.296. The van der Waals surface area contributed by atoms with Gasteiger partial charge < -0.3 is 0 Å². The number of halogens is 1. The molecule has 0 aliphatic rings. The summed E-state index contributed by atoms with van der Waals surface area (Å²) < 4.78 is 14.5. The lowest BCUT2D eigenvalue weighted by molar-refractivity contribution is 0.627. The molecule has 0 radical (unpaired) electrons. The van der Waals surface area contributed by atoms with E-state index in [1.165, 1.54) is 18.3 Å². The molecular weight excluding hydrogens is 231 g/mol. The molecular formula is C13H7FN4. The summed E-state index contributed by atoms with van der Waals surface area (Å²) in [7, 11) is 0. The highest BCUT2D eigenvalue weighted by atomic mass is 19.1. The zero-order valence-corrected chi connectivity index (χ0v) is 9.21. The highest BCUT2D eigenvalue weighted by Gasteiger charge is 2.07. The molecule has 3 aromatic rings. The number of pyridine rings is 1. The van der Waals surface area contributed by atoms with Gasteiger partial charge in [0.25, 0.3) is 0 Å². The molecule has 0 fully saturated rings. The average Bonchev–Trinajstić information content (AvgIpc) is 2.82. The van der Waals surface area contributed by atoms with Crippen LogP contribution in [0.3, 0.4) is 0 Å². The van der Waals surface area contributed by atoms with Gasteiger partial charge in [0.2, 0.25) is 0 Å². The first-order valence-corrected chi connectivity index (χ1v) is 5.28. The largest absolute Gasteiger partial charge is 0.235 e. The summed E-state index contributed by atoms with van der Waals surface area (Å²) in [6.07, 6.45) is 3.12. The number of rotatable bonds is 1. The number of aromatic nitrogens is 3. The molecule has 0 aliphatic heterocycles. The Kier molecular flexibility index (Phi) is 2.27. The van der Waals surface area contributed by atoms with E-state index in [1.54, 1.807) is 29.1 Å². The molecule has 0 bridgehead atoms. The van der Waals surface area contributed by atoms with E-state index in [4.69, 9.17) is 5.26 Å². The van der Waals surface area contributed by atoms with Crippen molar-refractivity contribution in [3.63, 3.8) is 0 Å². The molecule has 1 aromatic carbocycles. The maximum Gasteiger partial charge on any atom is 0.162 e. The van der Waals surface area contributed by atoms with Crippen molar-refractivity contribution in [3.05, 3.63) is 54.1 Å². The third kappa shape index (κ3) is 1.60. The minimum Gasteiger partial charge on any atom is -0.235 e. The number of nitriles is 1. The van der Waals surface area contributed by atoms with E-state index in [0.29, 0.717) is 11.2 Å². The zero-order chi connectivity index (χ0) is 12.5. The van der Waals surface area contributed by atoms with Crippen molar-refractivity contribution >= 4 is 11.0 Å². The van der Waals surface area contributed by atoms with Crippen molar-refractivity contribution in [1.82, 2.24) is 14.8 Å². The van der Waals surface area contributed by atoms with Gasteiger partial charge in [-0.05, 0) is 30.3 Å². The second-order valence-corrected chi connectivity index (χ2v) is 3.78. The quantitative estimate of drug-likeness (QED) is 0.654. The lowest BCUT2D eigenvalue weighted by Gasteiger charge is -2.02. The van der Waals surface area contributed by atoms with Gasteiger partial charge in [-0.15, -0.1) is 0 Å². The van der Waals surface area contributed by atoms with Gasteiger partial charge in [-0.1, -0.05) is 0 Å². The fraction of sp³-hybridized carbons (Fsp3) is 0. The van der Waals surface area contributed by atoms with Crippen molar-refractivity contribution < 1.29 is 4.39 Å². The second-order valence-electron chi connectivity index (χ2n) is 3.78. The lowest BCUT2D eigenvalue weighted by atomic mass is 10.2. The normalized spacial score (nSPS) is 10.4. The van der Waals surface area contributed by atoms with E-state index in [2.05, 4.69) is 10.1 Å². The van der Waals surface area contributed by atoms with Gasteiger partial charge >= 0.3 is 0 Å². The van der Waals surface area contributed by atoms with E-state index >= 15 is 0 Å². The highest BCUT2D eigenvalue weighted by molar-refractivity contribution is 5.77. The third-order valence-corrected chi connectivity index (χ3v) is 2.61. The van der Waals surface area contributed by atoms with Crippen molar-refractivity contribution in [3.8, 4) is 11.8 Å². The van der Waals surface area contributed by atoms with Crippen molar-refractivity contribution in [1.29, 1.82) is 5.26 Å². The summed E-state index contributed by atoms with van der Waals surface area (Å²) in [5, 5.41) is 13.8. The van der Waals surface area contributed by atoms with Crippen LogP contribution in [0.5, 0.6) is 0 Å². The maximum atomic E-state index is 12.9. The Morgan fingerprint density at radius 2 is 1.94 bits per heavy atom. The Balaban J connectivity index is 2.19. The van der Waals surface area contributed by atoms with Crippen LogP contribution in [-0.4, -0.2) is 14.8 Å². The average molecular weight is 238 g/mol. The second kappa shape index (κ2) is 3.93. The van der Waals surface area contributed by atoms with Crippen LogP contribution in [0.2, 0.25) is 0 Å². The first-order valence-electron chi connectivity index (χ1n) is 5.28. The van der Waals surface area contributed by atoms with Crippen LogP contribution >= 0.6 is 0 Å². The van der Waals surface area contributed by atoms with Gasteiger partial charge in [-0.3, -0.25) is 0 Å². The first kappa shape index (κ1) is 10.4. The van der Waals surface area contributed by atoms with Crippen LogP contribution in [0.25, 0.3) is 16.7 Å². The molecule has 0 spiro atoms. The van der Waals surface area contributed by atoms with Gasteiger partial charge in [-0.2, -0.15) is 10.4 Å². The summed E-state index contributed by atoms with van der Waals surface area (Å²) in [4.78, 5) is 4.19. The minimum absolute atomic E-state index is 0.296. The van der Waals surface area contributed by atoms with Gasteiger partial charge in [-0.25, -0.2) is 14.1 Å². The van der Waals surface area contributed by atoms with Gasteiger partial charge in [0.15, 0.2) is 5.65 Å². The van der Waals surface area contributed by atoms with Crippen LogP contribution in [-0.2, 0) is 0 Å². The predicted molar refractivity (Wildman–Crippen MR) is 63.5 cm³/mol. The molecule has 2 heterocycles. The van der Waals surface area contributed by atoms with Crippen LogP contribution in [0.1, 0.15) is 5.56 Å². The fourth-order valence-electron chi connectivity index (χ4n) is 1.75. The number of hydrogen-bond donors (Lipinski definition) is 0. The van der Waals surface area contributed by atoms with Crippen LogP contribution in [0.15, 0.2) is 42.7 Å². The number of fused-ring (bicyclic) bond motifs is 1. The molecule has 0 amide bonds. The topological polar surface area (TPSA) is 54.5 Å². The Morgan fingerprint density at radius 3 is 2.67 bits per heavy atom. The summed E-state index contributed by atoms with van der Waals surface area (Å²) in [6, 6.07) is 9.73. The van der Waals surface area contributed by atoms with Crippen molar-refractivity contribution in [2.75, 3.05) is 0 Å². The highest BCUT2D eigenvalue weighted by Crippen LogP contribution is 2.17. The number of nitrogens with zero attached hydrogens (tertiary/aromatic N) is 4. The Bertz CT molecular complexity index is 753. The molecule has 0 unspecified atom stereocenters. The molecule has 0 saturated heterocycles. The van der Waals surface area contributed by atoms with E-state index < -0.39 is 0 Å². The fourth-order valence-corrected chi connectivity index (χ4v) is 1.75. The Labute approximate surface area is 102 Å². The Hall–Kier alpha value is -2.74. The summed E-state index contributed by atoms with van der Waals surface area (Å²) in [6.45, 7) is 0. The number of hydrogen-bond acceptors (Lipinski definition) is 3. The summed E-state index contributed by atoms with van der Waals surface area (Å²) >= 11 is 0. The monoisotopic (exact) mass is 238 g/mol. The van der Waals surface area contributed by atoms with Gasteiger partial charge in [0.1, 0.15) is 11.9 Å². The standard InChI is InChI=1S/C13H7FN4/c14-11-1-3-12(4-2-11)18-13-10(8-17-18)5-9(6-15)7-16-13/h1-5,7-8H. The lowest BCUT2D eigenvalue weighted by Crippen LogP contribution is -1.97. The van der Waals surface area contributed by atoms with Crippen LogP contribution in [0, 0.1) is 17.1 Å². The molecule has 18 heavy (non-hydrogen) atoms. The SMILES string of the molecule is N#Cc1cnc2c(cnn2-c2ccc(F)cc2)c1. The van der Waals surface area contributed by atoms with E-state index in [1.807, 2.05) is 6.07 Å². The molecule has 4 nitrogen and oxygen atoms in total. The molecule has 2 aromatic heterocycles. The zero-order valence-electron chi connectivity index (χ0n) is 9.21. The van der Waals surface area contributed by atoms with E-state index in [0.717, 1.165) is 11.1 Å². The van der Waals surface area contributed by atoms with Gasteiger partial charge in [0, 0.05) is 11.6 Å². The smallest absolute Gasteiger partial charge is 0.162 e. The van der Waals surface area contributed by atoms with Crippen LogP contribution < -0.4 is 0 Å². The van der Waals surface area contributed by atoms with Gasteiger partial charge in [0.05, 0.1) is 17.4 Å². The molecule has 86 valence electrons. The predicted octanol–water partition coefficient (Wildman–Crippen LogP) is 2.43. The van der Waals surface area contributed by atoms with Crippen molar-refractivity contribution in [2.24, 2.45) is 0 Å². The number of benzene rings is 1. The summed E-state index contributed by atoms with van der Waals surface area (Å²) in [5.74, 6) is -0.296. The maximum absolute atomic E-state index is 12.9. The van der Waals surface area contributed by atoms with E-state index in [-0.39, 0.29) is 5.82 Å². The first-order chi connectivity index (χ1) is 8.78. The summed E-state index contributed by atoms with van der Waals surface area (Å²) in [5.41, 5.74) is 1.85. The molecule has 0 N–H and O–H groups in total. The Morgan fingerprint density at radius 1 is 1.17 bits per heavy atom. The molecule has 0 atom stereocenters. The molecule has 5 heteroatoms. The molecule has 0 aliphatic carbocycles. The van der Waals surface area contributed by atoms with Crippen LogP contribution in [0.4, 0.5) is 4.39 Å². The third-order valence-electron chi connectivity index (χ3n) is 2.61. The van der Waals surface area contributed by atoms with Crippen molar-refractivity contribution in [2.45, 2.75) is 0 Å². The van der Waals surface area contributed by atoms with E-state index in [9.17, 15) is 4.39 Å².